The molecule has 0 bridgehead atoms. The standard InChI is InChI=1S/C29H35N7O2/c1-20(2)35-18-24(16-32-35)21-7-6-8-22(13-21)27-30-14-23(15-31-27)25-17-33-36(19-25)26-9-11-34(12-10-26)28(37)38-29(3,4)5/h6-8,13-20,26H,9-12H2,1-5H3. The Labute approximate surface area is 223 Å². The van der Waals surface area contributed by atoms with Crippen molar-refractivity contribution in [3.63, 3.8) is 0 Å². The third kappa shape index (κ3) is 5.77. The molecule has 0 unspecified atom stereocenters. The molecule has 38 heavy (non-hydrogen) atoms. The largest absolute Gasteiger partial charge is 0.444 e. The van der Waals surface area contributed by atoms with E-state index in [1.165, 1.54) is 0 Å². The molecule has 9 heteroatoms. The number of aromatic nitrogens is 6. The number of hydrogen-bond donors (Lipinski definition) is 0. The fourth-order valence-corrected chi connectivity index (χ4v) is 4.56. The van der Waals surface area contributed by atoms with Crippen LogP contribution in [0.5, 0.6) is 0 Å². The van der Waals surface area contributed by atoms with Crippen LogP contribution in [0.4, 0.5) is 4.79 Å². The van der Waals surface area contributed by atoms with Gasteiger partial charge in [0.15, 0.2) is 5.82 Å². The van der Waals surface area contributed by atoms with Crippen molar-refractivity contribution in [3.8, 4) is 33.6 Å². The molecule has 0 N–H and O–H groups in total. The van der Waals surface area contributed by atoms with Crippen LogP contribution in [-0.2, 0) is 4.74 Å². The maximum Gasteiger partial charge on any atom is 0.410 e. The van der Waals surface area contributed by atoms with Crippen LogP contribution in [0.15, 0.2) is 61.4 Å². The summed E-state index contributed by atoms with van der Waals surface area (Å²) in [5.41, 5.74) is 4.52. The van der Waals surface area contributed by atoms with Gasteiger partial charge in [-0.05, 0) is 59.1 Å². The number of benzene rings is 1. The summed E-state index contributed by atoms with van der Waals surface area (Å²) in [5.74, 6) is 0.675. The minimum absolute atomic E-state index is 0.241. The Morgan fingerprint density at radius 2 is 1.55 bits per heavy atom. The molecule has 1 fully saturated rings. The van der Waals surface area contributed by atoms with Crippen LogP contribution in [0, 0.1) is 0 Å². The van der Waals surface area contributed by atoms with Crippen molar-refractivity contribution < 1.29 is 9.53 Å². The van der Waals surface area contributed by atoms with Gasteiger partial charge in [0, 0.05) is 66.2 Å². The number of carbonyl (C=O) groups excluding carboxylic acids is 1. The van der Waals surface area contributed by atoms with Crippen molar-refractivity contribution in [1.29, 1.82) is 0 Å². The van der Waals surface area contributed by atoms with Crippen LogP contribution < -0.4 is 0 Å². The monoisotopic (exact) mass is 513 g/mol. The van der Waals surface area contributed by atoms with Crippen molar-refractivity contribution in [2.45, 2.75) is 65.1 Å². The molecule has 0 atom stereocenters. The van der Waals surface area contributed by atoms with E-state index in [1.54, 1.807) is 4.90 Å². The van der Waals surface area contributed by atoms with E-state index in [9.17, 15) is 4.79 Å². The van der Waals surface area contributed by atoms with E-state index >= 15 is 0 Å². The third-order valence-corrected chi connectivity index (χ3v) is 6.66. The Bertz CT molecular complexity index is 1390. The molecule has 0 spiro atoms. The van der Waals surface area contributed by atoms with Crippen molar-refractivity contribution in [3.05, 3.63) is 61.4 Å². The van der Waals surface area contributed by atoms with E-state index in [2.05, 4.69) is 52.3 Å². The van der Waals surface area contributed by atoms with E-state index in [-0.39, 0.29) is 12.1 Å². The molecule has 1 aliphatic rings. The zero-order valence-corrected chi connectivity index (χ0v) is 22.7. The number of likely N-dealkylation sites (tertiary alicyclic amines) is 1. The van der Waals surface area contributed by atoms with Gasteiger partial charge in [-0.2, -0.15) is 10.2 Å². The van der Waals surface area contributed by atoms with Gasteiger partial charge in [-0.25, -0.2) is 14.8 Å². The lowest BCUT2D eigenvalue weighted by Gasteiger charge is -2.33. The molecule has 0 saturated carbocycles. The maximum absolute atomic E-state index is 12.4. The van der Waals surface area contributed by atoms with Gasteiger partial charge in [0.2, 0.25) is 0 Å². The molecule has 1 saturated heterocycles. The first kappa shape index (κ1) is 25.6. The number of rotatable bonds is 5. The summed E-state index contributed by atoms with van der Waals surface area (Å²) in [5, 5.41) is 9.06. The third-order valence-electron chi connectivity index (χ3n) is 6.66. The highest BCUT2D eigenvalue weighted by Gasteiger charge is 2.28. The van der Waals surface area contributed by atoms with Crippen LogP contribution >= 0.6 is 0 Å². The van der Waals surface area contributed by atoms with Gasteiger partial charge in [0.1, 0.15) is 5.60 Å². The Hall–Kier alpha value is -4.01. The van der Waals surface area contributed by atoms with Gasteiger partial charge >= 0.3 is 6.09 Å². The van der Waals surface area contributed by atoms with Crippen molar-refractivity contribution in [2.75, 3.05) is 13.1 Å². The fourth-order valence-electron chi connectivity index (χ4n) is 4.56. The first-order valence-corrected chi connectivity index (χ1v) is 13.2. The summed E-state index contributed by atoms with van der Waals surface area (Å²) >= 11 is 0. The molecule has 0 radical (unpaired) electrons. The summed E-state index contributed by atoms with van der Waals surface area (Å²) in [6, 6.07) is 8.77. The van der Waals surface area contributed by atoms with Crippen LogP contribution in [-0.4, -0.2) is 59.2 Å². The van der Waals surface area contributed by atoms with E-state index in [0.29, 0.717) is 25.0 Å². The Kier molecular flexibility index (Phi) is 7.01. The molecule has 1 aromatic carbocycles. The van der Waals surface area contributed by atoms with E-state index in [0.717, 1.165) is 40.7 Å². The lowest BCUT2D eigenvalue weighted by Crippen LogP contribution is -2.42. The van der Waals surface area contributed by atoms with Crippen LogP contribution in [0.3, 0.4) is 0 Å². The van der Waals surface area contributed by atoms with Crippen molar-refractivity contribution in [2.24, 2.45) is 0 Å². The fraction of sp³-hybridized carbons (Fsp3) is 0.414. The predicted molar refractivity (Wildman–Crippen MR) is 146 cm³/mol. The minimum atomic E-state index is -0.483. The van der Waals surface area contributed by atoms with Crippen LogP contribution in [0.2, 0.25) is 0 Å². The first-order valence-electron chi connectivity index (χ1n) is 13.2. The molecular formula is C29H35N7O2. The number of ether oxygens (including phenoxy) is 1. The van der Waals surface area contributed by atoms with E-state index in [1.807, 2.05) is 73.3 Å². The summed E-state index contributed by atoms with van der Waals surface area (Å²) in [4.78, 5) is 23.4. The highest BCUT2D eigenvalue weighted by Crippen LogP contribution is 2.28. The molecule has 1 aliphatic heterocycles. The van der Waals surface area contributed by atoms with Gasteiger partial charge in [-0.3, -0.25) is 9.36 Å². The Morgan fingerprint density at radius 1 is 0.895 bits per heavy atom. The zero-order chi connectivity index (χ0) is 26.9. The smallest absolute Gasteiger partial charge is 0.410 e. The molecule has 3 aromatic heterocycles. The quantitative estimate of drug-likeness (QED) is 0.324. The highest BCUT2D eigenvalue weighted by atomic mass is 16.6. The maximum atomic E-state index is 12.4. The van der Waals surface area contributed by atoms with Gasteiger partial charge in [-0.1, -0.05) is 18.2 Å². The average molecular weight is 514 g/mol. The zero-order valence-electron chi connectivity index (χ0n) is 22.7. The molecule has 198 valence electrons. The van der Waals surface area contributed by atoms with Crippen LogP contribution in [0.1, 0.15) is 59.5 Å². The molecule has 4 aromatic rings. The van der Waals surface area contributed by atoms with Crippen molar-refractivity contribution >= 4 is 6.09 Å². The second kappa shape index (κ2) is 10.4. The van der Waals surface area contributed by atoms with E-state index in [4.69, 9.17) is 4.74 Å². The number of nitrogens with zero attached hydrogens (tertiary/aromatic N) is 7. The number of piperidine rings is 1. The minimum Gasteiger partial charge on any atom is -0.444 e. The Morgan fingerprint density at radius 3 is 2.21 bits per heavy atom. The lowest BCUT2D eigenvalue weighted by molar-refractivity contribution is 0.0185. The second-order valence-electron chi connectivity index (χ2n) is 11.1. The molecule has 5 rings (SSSR count). The average Bonchev–Trinajstić information content (AvgIpc) is 3.59. The highest BCUT2D eigenvalue weighted by molar-refractivity contribution is 5.70. The molecule has 0 aliphatic carbocycles. The normalized spacial score (nSPS) is 14.7. The summed E-state index contributed by atoms with van der Waals surface area (Å²) in [7, 11) is 0. The first-order chi connectivity index (χ1) is 18.2. The molecule has 4 heterocycles. The van der Waals surface area contributed by atoms with Gasteiger partial charge in [0.25, 0.3) is 0 Å². The summed E-state index contributed by atoms with van der Waals surface area (Å²) in [6.07, 6.45) is 13.0. The second-order valence-corrected chi connectivity index (χ2v) is 11.1. The molecule has 9 nitrogen and oxygen atoms in total. The number of amides is 1. The topological polar surface area (TPSA) is 91.0 Å². The SMILES string of the molecule is CC(C)n1cc(-c2cccc(-c3ncc(-c4cnn(C5CCN(C(=O)OC(C)(C)C)CC5)c4)cn3)c2)cn1. The van der Waals surface area contributed by atoms with Gasteiger partial charge in [0.05, 0.1) is 18.4 Å². The number of hydrogen-bond acceptors (Lipinski definition) is 6. The molecular weight excluding hydrogens is 478 g/mol. The van der Waals surface area contributed by atoms with Gasteiger partial charge < -0.3 is 9.64 Å². The van der Waals surface area contributed by atoms with E-state index < -0.39 is 5.60 Å². The summed E-state index contributed by atoms with van der Waals surface area (Å²) < 4.78 is 9.46. The lowest BCUT2D eigenvalue weighted by atomic mass is 10.1. The number of carbonyl (C=O) groups is 1. The van der Waals surface area contributed by atoms with Gasteiger partial charge in [-0.15, -0.1) is 0 Å². The molecule has 1 amide bonds. The van der Waals surface area contributed by atoms with Crippen molar-refractivity contribution in [1.82, 2.24) is 34.4 Å². The van der Waals surface area contributed by atoms with Crippen LogP contribution in [0.25, 0.3) is 33.6 Å². The Balaban J connectivity index is 1.24. The predicted octanol–water partition coefficient (Wildman–Crippen LogP) is 6.02. The summed E-state index contributed by atoms with van der Waals surface area (Å²) in [6.45, 7) is 11.2.